The molecule has 0 aliphatic rings. The lowest BCUT2D eigenvalue weighted by Gasteiger charge is -2.17. The molecule has 0 aliphatic carbocycles. The first kappa shape index (κ1) is 30.0. The maximum absolute atomic E-state index is 12.7. The zero-order chi connectivity index (χ0) is 30.8. The van der Waals surface area contributed by atoms with E-state index >= 15 is 0 Å². The van der Waals surface area contributed by atoms with Crippen LogP contribution < -0.4 is 26.8 Å². The number of carboxylic acids is 2. The van der Waals surface area contributed by atoms with Gasteiger partial charge in [0.25, 0.3) is 10.1 Å². The predicted octanol–water partition coefficient (Wildman–Crippen LogP) is 3.37. The summed E-state index contributed by atoms with van der Waals surface area (Å²) in [7, 11) is -9.21. The summed E-state index contributed by atoms with van der Waals surface area (Å²) in [4.78, 5) is 53.8. The summed E-state index contributed by atoms with van der Waals surface area (Å²) < 4.78 is 44.7. The van der Waals surface area contributed by atoms with E-state index in [1.54, 1.807) is 0 Å². The van der Waals surface area contributed by atoms with Crippen molar-refractivity contribution in [2.75, 3.05) is 21.5 Å². The number of carbonyl (C=O) groups is 3. The van der Waals surface area contributed by atoms with Crippen molar-refractivity contribution in [3.8, 4) is 0 Å². The molecule has 17 heteroatoms. The highest BCUT2D eigenvalue weighted by molar-refractivity contribution is 7.85. The van der Waals surface area contributed by atoms with E-state index in [-0.39, 0.29) is 50.0 Å². The van der Waals surface area contributed by atoms with E-state index in [9.17, 15) is 51.9 Å². The second kappa shape index (κ2) is 11.5. The van der Waals surface area contributed by atoms with E-state index in [4.69, 9.17) is 0 Å². The van der Waals surface area contributed by atoms with Crippen LogP contribution in [0.25, 0.3) is 10.8 Å². The van der Waals surface area contributed by atoms with E-state index < -0.39 is 40.6 Å². The number of anilines is 4. The Morgan fingerprint density at radius 1 is 0.690 bits per heavy atom. The molecule has 0 radical (unpaired) electrons. The van der Waals surface area contributed by atoms with Crippen molar-refractivity contribution in [3.05, 3.63) is 83.9 Å². The average Bonchev–Trinajstić information content (AvgIpc) is 2.91. The average molecular weight is 617 g/mol. The number of hydrogen-bond acceptors (Lipinski definition) is 8. The zero-order valence-corrected chi connectivity index (χ0v) is 22.7. The van der Waals surface area contributed by atoms with Crippen molar-refractivity contribution in [2.24, 2.45) is 0 Å². The number of carbonyl (C=O) groups excluding carboxylic acids is 1. The van der Waals surface area contributed by atoms with E-state index in [2.05, 4.69) is 21.5 Å². The Balaban J connectivity index is 1.67. The van der Waals surface area contributed by atoms with Crippen LogP contribution >= 0.6 is 7.60 Å². The van der Waals surface area contributed by atoms with Gasteiger partial charge in [-0.15, -0.1) is 0 Å². The molecule has 42 heavy (non-hydrogen) atoms. The normalized spacial score (nSPS) is 11.5. The van der Waals surface area contributed by atoms with Gasteiger partial charge < -0.3 is 41.5 Å². The third kappa shape index (κ3) is 7.01. The third-order valence-corrected chi connectivity index (χ3v) is 7.54. The summed E-state index contributed by atoms with van der Waals surface area (Å²) >= 11 is 0. The van der Waals surface area contributed by atoms with Gasteiger partial charge in [-0.1, -0.05) is 12.1 Å². The Bertz CT molecular complexity index is 1880. The van der Waals surface area contributed by atoms with Crippen LogP contribution in [0, 0.1) is 0 Å². The Kier molecular flexibility index (Phi) is 8.19. The minimum atomic E-state index is -4.64. The lowest BCUT2D eigenvalue weighted by Crippen LogP contribution is -2.20. The first-order chi connectivity index (χ1) is 19.6. The summed E-state index contributed by atoms with van der Waals surface area (Å²) in [5, 5.41) is 23.7. The number of amides is 2. The first-order valence-corrected chi connectivity index (χ1v) is 14.6. The van der Waals surface area contributed by atoms with Crippen LogP contribution in [0.2, 0.25) is 0 Å². The van der Waals surface area contributed by atoms with Gasteiger partial charge in [0.05, 0.1) is 38.4 Å². The van der Waals surface area contributed by atoms with Gasteiger partial charge in [-0.3, -0.25) is 9.12 Å². The van der Waals surface area contributed by atoms with E-state index in [0.717, 1.165) is 36.4 Å². The summed E-state index contributed by atoms with van der Waals surface area (Å²) in [6.07, 6.45) is 0. The number of aromatic carboxylic acids is 2. The molecule has 218 valence electrons. The Morgan fingerprint density at radius 2 is 1.33 bits per heavy atom. The largest absolute Gasteiger partial charge is 0.478 e. The minimum absolute atomic E-state index is 0.0468. The summed E-state index contributed by atoms with van der Waals surface area (Å²) in [6.45, 7) is 0. The van der Waals surface area contributed by atoms with Crippen molar-refractivity contribution < 1.29 is 51.9 Å². The van der Waals surface area contributed by atoms with Crippen LogP contribution in [0.1, 0.15) is 20.7 Å². The first-order valence-electron chi connectivity index (χ1n) is 11.5. The molecule has 4 aromatic carbocycles. The second-order valence-electron chi connectivity index (χ2n) is 8.68. The van der Waals surface area contributed by atoms with Crippen LogP contribution in [0.15, 0.2) is 77.7 Å². The number of rotatable bonds is 9. The van der Waals surface area contributed by atoms with Crippen LogP contribution in [0.3, 0.4) is 0 Å². The van der Waals surface area contributed by atoms with Gasteiger partial charge in [-0.25, -0.2) is 14.4 Å². The SMILES string of the molecule is O=C(Nc1cccc(P(=O)(O)O)c1)Nc1ccc(NNc2cc(C(=O)O)cc(C(=O)O)c2)c2cc(S(=O)(=O)O)ccc12. The van der Waals surface area contributed by atoms with Gasteiger partial charge in [0.2, 0.25) is 0 Å². The maximum Gasteiger partial charge on any atom is 0.356 e. The maximum atomic E-state index is 12.7. The molecule has 0 spiro atoms. The van der Waals surface area contributed by atoms with Crippen molar-refractivity contribution in [1.29, 1.82) is 0 Å². The highest BCUT2D eigenvalue weighted by Crippen LogP contribution is 2.34. The molecule has 15 nitrogen and oxygen atoms in total. The molecule has 0 unspecified atom stereocenters. The fourth-order valence-corrected chi connectivity index (χ4v) is 4.94. The van der Waals surface area contributed by atoms with Gasteiger partial charge in [-0.05, 0) is 60.7 Å². The number of carboxylic acid groups (broad SMARTS) is 2. The van der Waals surface area contributed by atoms with E-state index in [1.807, 2.05) is 0 Å². The van der Waals surface area contributed by atoms with Crippen molar-refractivity contribution in [1.82, 2.24) is 0 Å². The fraction of sp³-hybridized carbons (Fsp3) is 0. The van der Waals surface area contributed by atoms with Crippen LogP contribution in [-0.4, -0.2) is 50.9 Å². The lowest BCUT2D eigenvalue weighted by molar-refractivity contribution is 0.0696. The quantitative estimate of drug-likeness (QED) is 0.0744. The van der Waals surface area contributed by atoms with Crippen LogP contribution in [-0.2, 0) is 14.7 Å². The molecule has 0 atom stereocenters. The van der Waals surface area contributed by atoms with E-state index in [0.29, 0.717) is 0 Å². The fourth-order valence-electron chi connectivity index (χ4n) is 3.84. The van der Waals surface area contributed by atoms with Crippen LogP contribution in [0.5, 0.6) is 0 Å². The molecule has 0 saturated carbocycles. The Morgan fingerprint density at radius 3 is 1.93 bits per heavy atom. The molecule has 0 saturated heterocycles. The topological polar surface area (TPSA) is 252 Å². The third-order valence-electron chi connectivity index (χ3n) is 5.74. The van der Waals surface area contributed by atoms with Gasteiger partial charge in [0, 0.05) is 16.5 Å². The summed E-state index contributed by atoms with van der Waals surface area (Å²) in [6, 6.07) is 13.9. The highest BCUT2D eigenvalue weighted by atomic mass is 32.2. The minimum Gasteiger partial charge on any atom is -0.478 e. The second-order valence-corrected chi connectivity index (χ2v) is 11.7. The number of hydrazine groups is 1. The molecule has 0 fully saturated rings. The molecule has 0 aliphatic heterocycles. The standard InChI is InChI=1S/C25H21N4O11PS/c30-23(31)13-8-14(24(32)33)10-16(9-13)28-29-22-7-6-21(19-5-4-18(12-20(19)22)42(38,39)40)27-25(34)26-15-2-1-3-17(11-15)41(35,36)37/h1-12,28-29H,(H,30,31)(H,32,33)(H2,26,27,34)(H2,35,36,37)(H,38,39,40). The zero-order valence-electron chi connectivity index (χ0n) is 21.0. The van der Waals surface area contributed by atoms with Gasteiger partial charge in [0.1, 0.15) is 0 Å². The van der Waals surface area contributed by atoms with Gasteiger partial charge in [-0.2, -0.15) is 8.42 Å². The lowest BCUT2D eigenvalue weighted by atomic mass is 10.1. The smallest absolute Gasteiger partial charge is 0.356 e. The Labute approximate surface area is 236 Å². The predicted molar refractivity (Wildman–Crippen MR) is 152 cm³/mol. The molecule has 4 rings (SSSR count). The van der Waals surface area contributed by atoms with Crippen molar-refractivity contribution in [2.45, 2.75) is 4.90 Å². The summed E-state index contributed by atoms with van der Waals surface area (Å²) in [5.74, 6) is -2.74. The van der Waals surface area contributed by atoms with Crippen LogP contribution in [0.4, 0.5) is 27.5 Å². The Hall–Kier alpha value is -4.99. The number of hydrogen-bond donors (Lipinski definition) is 9. The monoisotopic (exact) mass is 616 g/mol. The number of nitrogens with one attached hydrogen (secondary N) is 4. The van der Waals surface area contributed by atoms with Crippen molar-refractivity contribution >= 4 is 74.5 Å². The molecule has 0 aromatic heterocycles. The van der Waals surface area contributed by atoms with Crippen molar-refractivity contribution in [3.63, 3.8) is 0 Å². The number of benzene rings is 4. The molecular weight excluding hydrogens is 595 g/mol. The highest BCUT2D eigenvalue weighted by Gasteiger charge is 2.19. The molecule has 4 aromatic rings. The number of urea groups is 1. The molecule has 2 amide bonds. The molecule has 0 heterocycles. The number of fused-ring (bicyclic) bond motifs is 1. The van der Waals surface area contributed by atoms with Gasteiger partial charge in [0.15, 0.2) is 0 Å². The van der Waals surface area contributed by atoms with E-state index in [1.165, 1.54) is 36.4 Å². The molecular formula is C25H21N4O11PS. The molecule has 0 bridgehead atoms. The van der Waals surface area contributed by atoms with Gasteiger partial charge >= 0.3 is 25.6 Å². The summed E-state index contributed by atoms with van der Waals surface area (Å²) in [5.41, 5.74) is 5.27. The molecule has 9 N–H and O–H groups in total.